The number of Topliss-reactive ketones (excluding diaryl/α,β-unsaturated/α-hetero) is 1. The van der Waals surface area contributed by atoms with E-state index in [4.69, 9.17) is 9.72 Å². The highest BCUT2D eigenvalue weighted by atomic mass is 16.5. The van der Waals surface area contributed by atoms with E-state index in [2.05, 4.69) is 5.32 Å². The van der Waals surface area contributed by atoms with Crippen molar-refractivity contribution in [3.05, 3.63) is 96.3 Å². The maximum atomic E-state index is 12.8. The fourth-order valence-corrected chi connectivity index (χ4v) is 3.54. The normalized spacial score (nSPS) is 10.8. The van der Waals surface area contributed by atoms with Crippen LogP contribution in [-0.2, 0) is 17.8 Å². The van der Waals surface area contributed by atoms with Crippen molar-refractivity contribution in [2.24, 2.45) is 0 Å². The molecule has 0 aliphatic rings. The predicted molar refractivity (Wildman–Crippen MR) is 124 cm³/mol. The first-order valence-corrected chi connectivity index (χ1v) is 10.7. The van der Waals surface area contributed by atoms with Gasteiger partial charge in [0.1, 0.15) is 11.6 Å². The van der Waals surface area contributed by atoms with E-state index < -0.39 is 0 Å². The summed E-state index contributed by atoms with van der Waals surface area (Å²) in [4.78, 5) is 29.6. The van der Waals surface area contributed by atoms with E-state index >= 15 is 0 Å². The number of aryl methyl sites for hydroxylation is 1. The van der Waals surface area contributed by atoms with E-state index in [1.807, 2.05) is 89.5 Å². The van der Waals surface area contributed by atoms with Crippen LogP contribution in [0.1, 0.15) is 22.6 Å². The van der Waals surface area contributed by atoms with Crippen molar-refractivity contribution in [2.45, 2.75) is 19.4 Å². The van der Waals surface area contributed by atoms with Gasteiger partial charge >= 0.3 is 0 Å². The van der Waals surface area contributed by atoms with Gasteiger partial charge in [0.15, 0.2) is 12.4 Å². The summed E-state index contributed by atoms with van der Waals surface area (Å²) < 4.78 is 7.44. The molecule has 162 valence electrons. The highest BCUT2D eigenvalue weighted by Gasteiger charge is 2.14. The number of rotatable bonds is 10. The van der Waals surface area contributed by atoms with Gasteiger partial charge in [0.25, 0.3) is 5.91 Å². The number of nitrogens with zero attached hydrogens (tertiary/aromatic N) is 2. The highest BCUT2D eigenvalue weighted by molar-refractivity contribution is 5.96. The van der Waals surface area contributed by atoms with Crippen molar-refractivity contribution < 1.29 is 14.3 Å². The van der Waals surface area contributed by atoms with Crippen molar-refractivity contribution in [1.82, 2.24) is 14.9 Å². The van der Waals surface area contributed by atoms with Crippen molar-refractivity contribution in [3.63, 3.8) is 0 Å². The van der Waals surface area contributed by atoms with Crippen LogP contribution in [0.4, 0.5) is 0 Å². The van der Waals surface area contributed by atoms with Gasteiger partial charge in [0.05, 0.1) is 17.6 Å². The molecular weight excluding hydrogens is 402 g/mol. The third-order valence-corrected chi connectivity index (χ3v) is 5.14. The van der Waals surface area contributed by atoms with Crippen molar-refractivity contribution >= 4 is 22.7 Å². The Bertz CT molecular complexity index is 1190. The van der Waals surface area contributed by atoms with Crippen molar-refractivity contribution in [2.75, 3.05) is 13.2 Å². The second-order valence-corrected chi connectivity index (χ2v) is 7.45. The van der Waals surface area contributed by atoms with Gasteiger partial charge in [-0.1, -0.05) is 60.7 Å². The quantitative estimate of drug-likeness (QED) is 0.306. The molecule has 4 rings (SSSR count). The molecule has 1 N–H and O–H groups in total. The predicted octanol–water partition coefficient (Wildman–Crippen LogP) is 4.05. The van der Waals surface area contributed by atoms with E-state index in [9.17, 15) is 9.59 Å². The van der Waals surface area contributed by atoms with Crippen LogP contribution in [0, 0.1) is 0 Å². The smallest absolute Gasteiger partial charge is 0.257 e. The summed E-state index contributed by atoms with van der Waals surface area (Å²) in [5, 5.41) is 2.88. The molecule has 6 nitrogen and oxygen atoms in total. The Morgan fingerprint density at radius 1 is 0.875 bits per heavy atom. The minimum absolute atomic E-state index is 0.0197. The number of fused-ring (bicyclic) bond motifs is 1. The lowest BCUT2D eigenvalue weighted by Gasteiger charge is -2.10. The van der Waals surface area contributed by atoms with E-state index in [1.165, 1.54) is 0 Å². The number of para-hydroxylation sites is 3. The van der Waals surface area contributed by atoms with E-state index in [1.54, 1.807) is 0 Å². The number of ether oxygens (including phenoxy) is 1. The number of imidazole rings is 1. The summed E-state index contributed by atoms with van der Waals surface area (Å²) in [5.41, 5.74) is 2.48. The van der Waals surface area contributed by atoms with E-state index in [0.29, 0.717) is 30.7 Å². The third kappa shape index (κ3) is 5.40. The summed E-state index contributed by atoms with van der Waals surface area (Å²) >= 11 is 0. The van der Waals surface area contributed by atoms with Crippen LogP contribution in [0.3, 0.4) is 0 Å². The Morgan fingerprint density at radius 3 is 2.34 bits per heavy atom. The Kier molecular flexibility index (Phi) is 6.92. The Balaban J connectivity index is 1.35. The van der Waals surface area contributed by atoms with E-state index in [-0.39, 0.29) is 24.8 Å². The molecule has 6 heteroatoms. The van der Waals surface area contributed by atoms with Crippen molar-refractivity contribution in [3.8, 4) is 5.75 Å². The van der Waals surface area contributed by atoms with Gasteiger partial charge < -0.3 is 14.6 Å². The fourth-order valence-electron chi connectivity index (χ4n) is 3.54. The summed E-state index contributed by atoms with van der Waals surface area (Å²) in [6, 6.07) is 26.4. The lowest BCUT2D eigenvalue weighted by atomic mass is 10.1. The SMILES string of the molecule is O=C(COc1ccccc1)NCCCc1nc2ccccc2n1CC(=O)c1ccccc1. The van der Waals surface area contributed by atoms with Gasteiger partial charge in [0, 0.05) is 18.5 Å². The highest BCUT2D eigenvalue weighted by Crippen LogP contribution is 2.18. The minimum Gasteiger partial charge on any atom is -0.484 e. The first-order chi connectivity index (χ1) is 15.7. The zero-order valence-corrected chi connectivity index (χ0v) is 17.7. The Labute approximate surface area is 186 Å². The first-order valence-electron chi connectivity index (χ1n) is 10.7. The minimum atomic E-state index is -0.165. The molecule has 0 fully saturated rings. The molecule has 0 atom stereocenters. The molecule has 1 amide bonds. The molecule has 0 spiro atoms. The zero-order valence-electron chi connectivity index (χ0n) is 17.7. The maximum absolute atomic E-state index is 12.8. The van der Waals surface area contributed by atoms with Crippen LogP contribution in [0.2, 0.25) is 0 Å². The number of ketones is 1. The monoisotopic (exact) mass is 427 g/mol. The molecule has 0 radical (unpaired) electrons. The summed E-state index contributed by atoms with van der Waals surface area (Å²) in [6.45, 7) is 0.720. The van der Waals surface area contributed by atoms with Gasteiger partial charge in [0.2, 0.25) is 0 Å². The number of benzene rings is 3. The summed E-state index contributed by atoms with van der Waals surface area (Å²) in [7, 11) is 0. The number of hydrogen-bond donors (Lipinski definition) is 1. The van der Waals surface area contributed by atoms with Gasteiger partial charge in [-0.3, -0.25) is 9.59 Å². The molecule has 0 aliphatic heterocycles. The van der Waals surface area contributed by atoms with Crippen molar-refractivity contribution in [1.29, 1.82) is 0 Å². The number of aromatic nitrogens is 2. The zero-order chi connectivity index (χ0) is 22.2. The summed E-state index contributed by atoms with van der Waals surface area (Å²) in [5.74, 6) is 1.38. The second kappa shape index (κ2) is 10.4. The molecule has 0 unspecified atom stereocenters. The van der Waals surface area contributed by atoms with Crippen LogP contribution in [0.25, 0.3) is 11.0 Å². The standard InChI is InChI=1S/C26H25N3O3/c30-24(20-10-3-1-4-11-20)18-29-23-15-8-7-14-22(23)28-25(29)16-9-17-27-26(31)19-32-21-12-5-2-6-13-21/h1-8,10-15H,9,16-19H2,(H,27,31). The molecule has 0 saturated carbocycles. The van der Waals surface area contributed by atoms with Crippen LogP contribution in [-0.4, -0.2) is 34.4 Å². The Morgan fingerprint density at radius 2 is 1.56 bits per heavy atom. The number of amides is 1. The largest absolute Gasteiger partial charge is 0.484 e. The first kappa shape index (κ1) is 21.3. The number of nitrogens with one attached hydrogen (secondary N) is 1. The summed E-state index contributed by atoms with van der Waals surface area (Å²) in [6.07, 6.45) is 1.36. The molecule has 4 aromatic rings. The van der Waals surface area contributed by atoms with Gasteiger partial charge in [-0.05, 0) is 30.7 Å². The van der Waals surface area contributed by atoms with Gasteiger partial charge in [-0.15, -0.1) is 0 Å². The van der Waals surface area contributed by atoms with Gasteiger partial charge in [-0.25, -0.2) is 4.98 Å². The molecule has 1 heterocycles. The lowest BCUT2D eigenvalue weighted by Crippen LogP contribution is -2.30. The third-order valence-electron chi connectivity index (χ3n) is 5.14. The number of carbonyl (C=O) groups excluding carboxylic acids is 2. The average Bonchev–Trinajstić information content (AvgIpc) is 3.19. The number of carbonyl (C=O) groups is 2. The van der Waals surface area contributed by atoms with Crippen LogP contribution >= 0.6 is 0 Å². The lowest BCUT2D eigenvalue weighted by molar-refractivity contribution is -0.123. The van der Waals surface area contributed by atoms with Crippen LogP contribution in [0.15, 0.2) is 84.9 Å². The molecule has 32 heavy (non-hydrogen) atoms. The average molecular weight is 428 g/mol. The molecule has 1 aromatic heterocycles. The molecule has 3 aromatic carbocycles. The molecule has 0 bridgehead atoms. The van der Waals surface area contributed by atoms with E-state index in [0.717, 1.165) is 16.9 Å². The molecule has 0 aliphatic carbocycles. The van der Waals surface area contributed by atoms with Crippen LogP contribution < -0.4 is 10.1 Å². The topological polar surface area (TPSA) is 73.2 Å². The Hall–Kier alpha value is -3.93. The van der Waals surface area contributed by atoms with Gasteiger partial charge in [-0.2, -0.15) is 0 Å². The fraction of sp³-hybridized carbons (Fsp3) is 0.192. The molecular formula is C26H25N3O3. The second-order valence-electron chi connectivity index (χ2n) is 7.45. The molecule has 0 saturated heterocycles. The maximum Gasteiger partial charge on any atom is 0.257 e. The number of hydrogen-bond acceptors (Lipinski definition) is 4. The van der Waals surface area contributed by atoms with Crippen LogP contribution in [0.5, 0.6) is 5.75 Å².